The van der Waals surface area contributed by atoms with Crippen LogP contribution in [0.3, 0.4) is 0 Å². The molecule has 0 unspecified atom stereocenters. The Morgan fingerprint density at radius 2 is 2.00 bits per heavy atom. The summed E-state index contributed by atoms with van der Waals surface area (Å²) in [5.74, 6) is 0.739. The minimum Gasteiger partial charge on any atom is -0.444 e. The van der Waals surface area contributed by atoms with Gasteiger partial charge in [0.1, 0.15) is 10.6 Å². The van der Waals surface area contributed by atoms with Crippen LogP contribution >= 0.6 is 35.3 Å². The largest absolute Gasteiger partial charge is 0.444 e. The number of carbonyl (C=O) groups excluding carboxylic acids is 1. The predicted octanol–water partition coefficient (Wildman–Crippen LogP) is 3.83. The lowest BCUT2D eigenvalue weighted by Crippen LogP contribution is -2.45. The zero-order valence-electron chi connectivity index (χ0n) is 17.8. The molecule has 1 aliphatic carbocycles. The number of guanidine groups is 1. The molecule has 0 aromatic carbocycles. The van der Waals surface area contributed by atoms with Crippen LogP contribution in [0.15, 0.2) is 4.99 Å². The highest BCUT2D eigenvalue weighted by Crippen LogP contribution is 2.28. The number of hydrogen-bond donors (Lipinski definition) is 2. The first-order valence-corrected chi connectivity index (χ1v) is 10.5. The molecule has 7 nitrogen and oxygen atoms in total. The summed E-state index contributed by atoms with van der Waals surface area (Å²) in [6, 6.07) is 0.308. The Labute approximate surface area is 189 Å². The number of aliphatic imine (C=N–C) groups is 1. The summed E-state index contributed by atoms with van der Waals surface area (Å²) >= 11 is 1.68. The van der Waals surface area contributed by atoms with E-state index in [-0.39, 0.29) is 30.1 Å². The van der Waals surface area contributed by atoms with E-state index >= 15 is 0 Å². The van der Waals surface area contributed by atoms with E-state index in [1.54, 1.807) is 11.3 Å². The maximum absolute atomic E-state index is 12.4. The summed E-state index contributed by atoms with van der Waals surface area (Å²) in [7, 11) is 0. The minimum atomic E-state index is -0.474. The average Bonchev–Trinajstić information content (AvgIpc) is 3.33. The highest BCUT2D eigenvalue weighted by atomic mass is 127. The lowest BCUT2D eigenvalue weighted by atomic mass is 10.2. The molecule has 2 N–H and O–H groups in total. The van der Waals surface area contributed by atoms with Crippen LogP contribution in [-0.2, 0) is 11.3 Å². The van der Waals surface area contributed by atoms with Crippen molar-refractivity contribution in [2.75, 3.05) is 19.6 Å². The van der Waals surface area contributed by atoms with E-state index in [2.05, 4.69) is 27.5 Å². The number of nitrogens with zero attached hydrogens (tertiary/aromatic N) is 3. The molecule has 0 aliphatic heterocycles. The van der Waals surface area contributed by atoms with Crippen LogP contribution in [0.4, 0.5) is 4.79 Å². The molecule has 160 valence electrons. The molecule has 0 spiro atoms. The molecule has 9 heteroatoms. The number of nitrogens with one attached hydrogen (secondary N) is 2. The molecule has 1 aliphatic rings. The molecule has 1 aromatic rings. The van der Waals surface area contributed by atoms with Crippen molar-refractivity contribution in [3.63, 3.8) is 0 Å². The van der Waals surface area contributed by atoms with Gasteiger partial charge >= 0.3 is 6.09 Å². The van der Waals surface area contributed by atoms with Crippen LogP contribution in [0.2, 0.25) is 0 Å². The van der Waals surface area contributed by atoms with Crippen molar-refractivity contribution < 1.29 is 9.53 Å². The fraction of sp³-hybridized carbons (Fsp3) is 0.737. The van der Waals surface area contributed by atoms with Crippen LogP contribution in [-0.4, -0.2) is 53.2 Å². The smallest absolute Gasteiger partial charge is 0.410 e. The van der Waals surface area contributed by atoms with Gasteiger partial charge in [-0.2, -0.15) is 0 Å². The minimum absolute atomic E-state index is 0. The summed E-state index contributed by atoms with van der Waals surface area (Å²) in [4.78, 5) is 24.6. The maximum Gasteiger partial charge on any atom is 0.410 e. The number of amides is 1. The molecule has 1 aromatic heterocycles. The molecular weight excluding hydrogens is 489 g/mol. The van der Waals surface area contributed by atoms with Crippen molar-refractivity contribution in [2.24, 2.45) is 4.99 Å². The number of hydrogen-bond acceptors (Lipinski definition) is 5. The summed E-state index contributed by atoms with van der Waals surface area (Å²) < 4.78 is 5.53. The van der Waals surface area contributed by atoms with E-state index in [1.807, 2.05) is 39.5 Å². The second kappa shape index (κ2) is 11.2. The van der Waals surface area contributed by atoms with Gasteiger partial charge in [-0.1, -0.05) is 0 Å². The van der Waals surface area contributed by atoms with Gasteiger partial charge < -0.3 is 20.3 Å². The van der Waals surface area contributed by atoms with E-state index in [0.717, 1.165) is 36.0 Å². The highest BCUT2D eigenvalue weighted by Gasteiger charge is 2.34. The van der Waals surface area contributed by atoms with Crippen LogP contribution in [0.25, 0.3) is 0 Å². The number of aromatic nitrogens is 1. The van der Waals surface area contributed by atoms with Gasteiger partial charge in [-0.05, 0) is 54.4 Å². The predicted molar refractivity (Wildman–Crippen MR) is 126 cm³/mol. The van der Waals surface area contributed by atoms with Gasteiger partial charge in [0.2, 0.25) is 0 Å². The van der Waals surface area contributed by atoms with Gasteiger partial charge in [-0.15, -0.1) is 35.3 Å². The Kier molecular flexibility index (Phi) is 9.96. The first kappa shape index (κ1) is 24.9. The number of ether oxygens (including phenoxy) is 1. The number of carbonyl (C=O) groups is 1. The molecule has 0 atom stereocenters. The fourth-order valence-electron chi connectivity index (χ4n) is 2.52. The third kappa shape index (κ3) is 8.50. The van der Waals surface area contributed by atoms with Crippen molar-refractivity contribution in [2.45, 2.75) is 72.6 Å². The lowest BCUT2D eigenvalue weighted by molar-refractivity contribution is 0.0238. The number of halogens is 1. The summed E-state index contributed by atoms with van der Waals surface area (Å²) in [5.41, 5.74) is 0.596. The van der Waals surface area contributed by atoms with E-state index in [1.165, 1.54) is 4.88 Å². The molecule has 1 heterocycles. The van der Waals surface area contributed by atoms with Crippen molar-refractivity contribution >= 4 is 47.4 Å². The van der Waals surface area contributed by atoms with Crippen molar-refractivity contribution in [1.82, 2.24) is 20.5 Å². The summed E-state index contributed by atoms with van der Waals surface area (Å²) in [6.45, 7) is 14.4. The topological polar surface area (TPSA) is 78.9 Å². The van der Waals surface area contributed by atoms with Crippen LogP contribution < -0.4 is 10.6 Å². The fourth-order valence-corrected chi connectivity index (χ4v) is 3.38. The first-order chi connectivity index (χ1) is 12.7. The molecule has 1 saturated carbocycles. The third-order valence-corrected chi connectivity index (χ3v) is 5.11. The normalized spacial score (nSPS) is 14.3. The molecule has 1 amide bonds. The molecule has 2 rings (SSSR count). The zero-order valence-corrected chi connectivity index (χ0v) is 20.9. The Morgan fingerprint density at radius 3 is 2.50 bits per heavy atom. The SMILES string of the molecule is CCNC(=NCc1nc(C)c(C)s1)NCCN(C(=O)OC(C)(C)C)C1CC1.I. The van der Waals surface area contributed by atoms with Crippen molar-refractivity contribution in [3.05, 3.63) is 15.6 Å². The summed E-state index contributed by atoms with van der Waals surface area (Å²) in [6.07, 6.45) is 1.87. The maximum atomic E-state index is 12.4. The molecule has 1 fully saturated rings. The molecule has 0 saturated heterocycles. The Bertz CT molecular complexity index is 648. The number of thiazole rings is 1. The molecule has 0 bridgehead atoms. The van der Waals surface area contributed by atoms with Gasteiger partial charge in [0.25, 0.3) is 0 Å². The lowest BCUT2D eigenvalue weighted by Gasteiger charge is -2.27. The van der Waals surface area contributed by atoms with Crippen LogP contribution in [0.5, 0.6) is 0 Å². The van der Waals surface area contributed by atoms with Gasteiger partial charge in [-0.25, -0.2) is 14.8 Å². The second-order valence-corrected chi connectivity index (χ2v) is 9.06. The van der Waals surface area contributed by atoms with E-state index < -0.39 is 5.60 Å². The molecular formula is C19H34IN5O2S. The zero-order chi connectivity index (χ0) is 20.0. The third-order valence-electron chi connectivity index (χ3n) is 4.05. The van der Waals surface area contributed by atoms with E-state index in [9.17, 15) is 4.79 Å². The molecule has 28 heavy (non-hydrogen) atoms. The standard InChI is InChI=1S/C19H33N5O2S.HI/c1-7-20-17(22-12-16-23-13(2)14(3)27-16)21-10-11-24(15-8-9-15)18(25)26-19(4,5)6;/h15H,7-12H2,1-6H3,(H2,20,21,22);1H. The van der Waals surface area contributed by atoms with Crippen LogP contribution in [0, 0.1) is 13.8 Å². The van der Waals surface area contributed by atoms with E-state index in [0.29, 0.717) is 25.7 Å². The first-order valence-electron chi connectivity index (χ1n) is 9.64. The van der Waals surface area contributed by atoms with Crippen molar-refractivity contribution in [3.8, 4) is 0 Å². The number of aryl methyl sites for hydroxylation is 2. The monoisotopic (exact) mass is 523 g/mol. The number of rotatable bonds is 7. The Balaban J connectivity index is 0.00000392. The van der Waals surface area contributed by atoms with Gasteiger partial charge in [0.15, 0.2) is 5.96 Å². The second-order valence-electron chi connectivity index (χ2n) is 7.78. The van der Waals surface area contributed by atoms with E-state index in [4.69, 9.17) is 4.74 Å². The quantitative estimate of drug-likeness (QED) is 0.323. The van der Waals surface area contributed by atoms with Gasteiger partial charge in [0, 0.05) is 30.6 Å². The average molecular weight is 523 g/mol. The van der Waals surface area contributed by atoms with Gasteiger partial charge in [-0.3, -0.25) is 0 Å². The van der Waals surface area contributed by atoms with Crippen molar-refractivity contribution in [1.29, 1.82) is 0 Å². The highest BCUT2D eigenvalue weighted by molar-refractivity contribution is 14.0. The molecule has 0 radical (unpaired) electrons. The van der Waals surface area contributed by atoms with Gasteiger partial charge in [0.05, 0.1) is 12.2 Å². The Morgan fingerprint density at radius 1 is 1.32 bits per heavy atom. The van der Waals surface area contributed by atoms with Crippen LogP contribution in [0.1, 0.15) is 56.1 Å². The summed E-state index contributed by atoms with van der Waals surface area (Å²) in [5, 5.41) is 7.56. The Hall–Kier alpha value is -1.10.